The third kappa shape index (κ3) is 4.02. The zero-order chi connectivity index (χ0) is 21.2. The predicted octanol–water partition coefficient (Wildman–Crippen LogP) is 4.14. The van der Waals surface area contributed by atoms with Gasteiger partial charge in [-0.05, 0) is 37.1 Å². The summed E-state index contributed by atoms with van der Waals surface area (Å²) in [7, 11) is 0. The lowest BCUT2D eigenvalue weighted by molar-refractivity contribution is -0.115. The lowest BCUT2D eigenvalue weighted by Crippen LogP contribution is -2.33. The Bertz CT molecular complexity index is 1260. The molecule has 2 aromatic carbocycles. The van der Waals surface area contributed by atoms with Gasteiger partial charge in [-0.25, -0.2) is 4.98 Å². The molecule has 5 rings (SSSR count). The van der Waals surface area contributed by atoms with E-state index in [0.29, 0.717) is 22.9 Å². The van der Waals surface area contributed by atoms with Gasteiger partial charge < -0.3 is 15.1 Å². The highest BCUT2D eigenvalue weighted by atomic mass is 16.4. The van der Waals surface area contributed by atoms with E-state index in [-0.39, 0.29) is 24.1 Å². The number of carbonyl (C=O) groups is 2. The highest BCUT2D eigenvalue weighted by molar-refractivity contribution is 6.03. The number of rotatable bonds is 6. The van der Waals surface area contributed by atoms with Crippen molar-refractivity contribution in [3.63, 3.8) is 0 Å². The van der Waals surface area contributed by atoms with Gasteiger partial charge in [0, 0.05) is 23.1 Å². The minimum Gasteiger partial charge on any atom is -0.440 e. The monoisotopic (exact) mass is 412 g/mol. The Kier molecular flexibility index (Phi) is 4.92. The Morgan fingerprint density at radius 1 is 1.00 bits per heavy atom. The third-order valence-corrected chi connectivity index (χ3v) is 5.15. The Morgan fingerprint density at radius 3 is 2.61 bits per heavy atom. The molecular weight excluding hydrogens is 392 g/mol. The van der Waals surface area contributed by atoms with Crippen LogP contribution in [0, 0.1) is 0 Å². The van der Waals surface area contributed by atoms with Crippen LogP contribution < -0.4 is 10.6 Å². The number of pyridine rings is 1. The van der Waals surface area contributed by atoms with Gasteiger partial charge in [-0.3, -0.25) is 14.6 Å². The second kappa shape index (κ2) is 8.02. The smallest absolute Gasteiger partial charge is 0.274 e. The molecule has 2 aromatic heterocycles. The maximum atomic E-state index is 12.8. The molecule has 1 saturated carbocycles. The molecule has 0 bridgehead atoms. The first-order chi connectivity index (χ1) is 15.2. The number of oxazole rings is 1. The van der Waals surface area contributed by atoms with E-state index in [1.54, 1.807) is 12.3 Å². The molecule has 4 aromatic rings. The van der Waals surface area contributed by atoms with Crippen LogP contribution in [0.25, 0.3) is 22.4 Å². The largest absolute Gasteiger partial charge is 0.440 e. The van der Waals surface area contributed by atoms with Crippen molar-refractivity contribution in [1.82, 2.24) is 15.3 Å². The van der Waals surface area contributed by atoms with Crippen molar-refractivity contribution in [3.05, 3.63) is 78.3 Å². The maximum Gasteiger partial charge on any atom is 0.274 e. The Hall–Kier alpha value is -4.00. The number of para-hydroxylation sites is 1. The van der Waals surface area contributed by atoms with Crippen LogP contribution >= 0.6 is 0 Å². The maximum absolute atomic E-state index is 12.8. The van der Waals surface area contributed by atoms with Gasteiger partial charge in [0.2, 0.25) is 11.8 Å². The average molecular weight is 412 g/mol. The van der Waals surface area contributed by atoms with Crippen molar-refractivity contribution in [1.29, 1.82) is 0 Å². The molecule has 0 unspecified atom stereocenters. The van der Waals surface area contributed by atoms with Crippen LogP contribution in [0.4, 0.5) is 5.69 Å². The molecule has 0 aliphatic heterocycles. The molecular formula is C24H20N4O3. The molecule has 0 saturated heterocycles. The number of aromatic nitrogens is 2. The van der Waals surface area contributed by atoms with Gasteiger partial charge in [0.15, 0.2) is 5.69 Å². The second-order valence-electron chi connectivity index (χ2n) is 7.48. The van der Waals surface area contributed by atoms with Gasteiger partial charge >= 0.3 is 0 Å². The number of nitrogens with one attached hydrogen (secondary N) is 2. The molecule has 2 heterocycles. The van der Waals surface area contributed by atoms with Crippen LogP contribution in [0.2, 0.25) is 0 Å². The fourth-order valence-electron chi connectivity index (χ4n) is 3.46. The summed E-state index contributed by atoms with van der Waals surface area (Å²) < 4.78 is 5.92. The summed E-state index contributed by atoms with van der Waals surface area (Å²) >= 11 is 0. The van der Waals surface area contributed by atoms with E-state index in [1.807, 2.05) is 54.6 Å². The van der Waals surface area contributed by atoms with Crippen molar-refractivity contribution < 1.29 is 14.0 Å². The molecule has 2 N–H and O–H groups in total. The van der Waals surface area contributed by atoms with E-state index in [1.165, 1.54) is 0 Å². The number of hydrogen-bond acceptors (Lipinski definition) is 5. The van der Waals surface area contributed by atoms with Crippen LogP contribution in [0.1, 0.15) is 35.0 Å². The first-order valence-electron chi connectivity index (χ1n) is 10.2. The molecule has 31 heavy (non-hydrogen) atoms. The Morgan fingerprint density at radius 2 is 1.81 bits per heavy atom. The van der Waals surface area contributed by atoms with E-state index < -0.39 is 5.91 Å². The first-order valence-corrected chi connectivity index (χ1v) is 10.2. The molecule has 0 radical (unpaired) electrons. The minimum absolute atomic E-state index is 0.181. The predicted molar refractivity (Wildman–Crippen MR) is 117 cm³/mol. The first kappa shape index (κ1) is 19.0. The average Bonchev–Trinajstić information content (AvgIpc) is 3.56. The molecule has 1 fully saturated rings. The number of anilines is 1. The fourth-order valence-corrected chi connectivity index (χ4v) is 3.46. The van der Waals surface area contributed by atoms with E-state index in [9.17, 15) is 9.59 Å². The summed E-state index contributed by atoms with van der Waals surface area (Å²) in [6, 6.07) is 18.8. The quantitative estimate of drug-likeness (QED) is 0.496. The molecule has 7 nitrogen and oxygen atoms in total. The fraction of sp³-hybridized carbons (Fsp3) is 0.167. The molecule has 2 amide bonds. The molecule has 0 atom stereocenters. The van der Waals surface area contributed by atoms with Gasteiger partial charge in [0.25, 0.3) is 5.91 Å². The molecule has 1 aliphatic carbocycles. The van der Waals surface area contributed by atoms with Gasteiger partial charge in [-0.2, -0.15) is 0 Å². The molecule has 154 valence electrons. The topological polar surface area (TPSA) is 97.1 Å². The number of fused-ring (bicyclic) bond motifs is 1. The third-order valence-electron chi connectivity index (χ3n) is 5.15. The van der Waals surface area contributed by atoms with E-state index in [4.69, 9.17) is 4.42 Å². The number of nitrogens with zero attached hydrogens (tertiary/aromatic N) is 2. The molecule has 0 spiro atoms. The SMILES string of the molecule is O=C(CNC(=O)c1nc(-c2ccccc2)oc1C1CC1)Nc1cccc2cccnc12. The highest BCUT2D eigenvalue weighted by Gasteiger charge is 2.34. The normalized spacial score (nSPS) is 13.2. The number of hydrogen-bond donors (Lipinski definition) is 2. The minimum atomic E-state index is -0.418. The van der Waals surface area contributed by atoms with Crippen molar-refractivity contribution >= 4 is 28.4 Å². The molecule has 1 aliphatic rings. The highest BCUT2D eigenvalue weighted by Crippen LogP contribution is 2.43. The van der Waals surface area contributed by atoms with Crippen molar-refractivity contribution in [2.24, 2.45) is 0 Å². The number of amides is 2. The lowest BCUT2D eigenvalue weighted by Gasteiger charge is -2.08. The van der Waals surface area contributed by atoms with Crippen molar-refractivity contribution in [3.8, 4) is 11.5 Å². The van der Waals surface area contributed by atoms with Crippen molar-refractivity contribution in [2.45, 2.75) is 18.8 Å². The second-order valence-corrected chi connectivity index (χ2v) is 7.48. The van der Waals surface area contributed by atoms with E-state index in [0.717, 1.165) is 23.8 Å². The van der Waals surface area contributed by atoms with Crippen LogP contribution in [-0.2, 0) is 4.79 Å². The number of carbonyl (C=O) groups excluding carboxylic acids is 2. The van der Waals surface area contributed by atoms with Crippen LogP contribution in [0.3, 0.4) is 0 Å². The summed E-state index contributed by atoms with van der Waals surface area (Å²) in [6.07, 6.45) is 3.62. The lowest BCUT2D eigenvalue weighted by atomic mass is 10.2. The Balaban J connectivity index is 1.29. The van der Waals surface area contributed by atoms with Gasteiger partial charge in [0.1, 0.15) is 5.76 Å². The Labute approximate surface area is 178 Å². The van der Waals surface area contributed by atoms with Crippen LogP contribution in [0.5, 0.6) is 0 Å². The van der Waals surface area contributed by atoms with Crippen LogP contribution in [-0.4, -0.2) is 28.3 Å². The zero-order valence-electron chi connectivity index (χ0n) is 16.7. The van der Waals surface area contributed by atoms with Gasteiger partial charge in [-0.15, -0.1) is 0 Å². The molecule has 7 heteroatoms. The summed E-state index contributed by atoms with van der Waals surface area (Å²) in [6.45, 7) is -0.181. The van der Waals surface area contributed by atoms with Gasteiger partial charge in [0.05, 0.1) is 17.7 Å². The summed E-state index contributed by atoms with van der Waals surface area (Å²) in [5, 5.41) is 6.40. The van der Waals surface area contributed by atoms with E-state index >= 15 is 0 Å². The van der Waals surface area contributed by atoms with E-state index in [2.05, 4.69) is 20.6 Å². The standard InChI is InChI=1S/C24H20N4O3/c29-19(27-18-10-4-8-15-9-5-13-25-20(15)18)14-26-23(30)21-22(16-11-12-16)31-24(28-21)17-6-2-1-3-7-17/h1-10,13,16H,11-12,14H2,(H,26,30)(H,27,29). The summed E-state index contributed by atoms with van der Waals surface area (Å²) in [5.74, 6) is 0.459. The summed E-state index contributed by atoms with van der Waals surface area (Å²) in [4.78, 5) is 34.0. The summed E-state index contributed by atoms with van der Waals surface area (Å²) in [5.41, 5.74) is 2.36. The van der Waals surface area contributed by atoms with Crippen molar-refractivity contribution in [2.75, 3.05) is 11.9 Å². The zero-order valence-corrected chi connectivity index (χ0v) is 16.7. The van der Waals surface area contributed by atoms with Crippen LogP contribution in [0.15, 0.2) is 71.3 Å². The van der Waals surface area contributed by atoms with Gasteiger partial charge in [-0.1, -0.05) is 36.4 Å². The number of benzene rings is 2.